The third-order valence-corrected chi connectivity index (χ3v) is 2.89. The quantitative estimate of drug-likeness (QED) is 0.804. The number of ether oxygens (including phenoxy) is 2. The molecule has 5 heteroatoms. The largest absolute Gasteiger partial charge is 0.466 e. The van der Waals surface area contributed by atoms with E-state index in [1.807, 2.05) is 6.92 Å². The van der Waals surface area contributed by atoms with E-state index in [0.717, 1.165) is 11.3 Å². The van der Waals surface area contributed by atoms with Gasteiger partial charge in [-0.05, 0) is 38.8 Å². The Labute approximate surface area is 113 Å². The van der Waals surface area contributed by atoms with Gasteiger partial charge in [-0.1, -0.05) is 6.92 Å². The molecular formula is C14H21NO4. The van der Waals surface area contributed by atoms with Crippen molar-refractivity contribution < 1.29 is 19.1 Å². The highest BCUT2D eigenvalue weighted by Crippen LogP contribution is 2.23. The fraction of sp³-hybridized carbons (Fsp3) is 0.571. The van der Waals surface area contributed by atoms with Gasteiger partial charge in [0.25, 0.3) is 0 Å². The molecule has 106 valence electrons. The molecule has 0 aromatic carbocycles. The normalized spacial score (nSPS) is 12.0. The number of esters is 2. The van der Waals surface area contributed by atoms with E-state index in [4.69, 9.17) is 9.47 Å². The number of rotatable bonds is 6. The van der Waals surface area contributed by atoms with Gasteiger partial charge in [0.1, 0.15) is 5.69 Å². The Hall–Kier alpha value is -1.78. The molecule has 0 amide bonds. The van der Waals surface area contributed by atoms with Crippen LogP contribution in [-0.4, -0.2) is 30.1 Å². The van der Waals surface area contributed by atoms with Crippen molar-refractivity contribution in [3.63, 3.8) is 0 Å². The summed E-state index contributed by atoms with van der Waals surface area (Å²) in [5, 5.41) is 0. The van der Waals surface area contributed by atoms with Crippen molar-refractivity contribution in [2.45, 2.75) is 40.0 Å². The summed E-state index contributed by atoms with van der Waals surface area (Å²) in [6, 6.07) is 1.68. The minimum absolute atomic E-state index is 0.286. The number of aryl methyl sites for hydroxylation is 1. The second kappa shape index (κ2) is 6.97. The lowest BCUT2D eigenvalue weighted by molar-refractivity contribution is -0.144. The van der Waals surface area contributed by atoms with Crippen LogP contribution in [0.5, 0.6) is 0 Å². The first-order chi connectivity index (χ1) is 9.04. The van der Waals surface area contributed by atoms with Crippen molar-refractivity contribution in [2.24, 2.45) is 0 Å². The van der Waals surface area contributed by atoms with Crippen molar-refractivity contribution >= 4 is 11.9 Å². The molecule has 1 unspecified atom stereocenters. The number of carbonyl (C=O) groups is 2. The zero-order chi connectivity index (χ0) is 14.4. The predicted octanol–water partition coefficient (Wildman–Crippen LogP) is 2.42. The van der Waals surface area contributed by atoms with Crippen LogP contribution in [0.1, 0.15) is 55.4 Å². The number of hydrogen-bond donors (Lipinski definition) is 1. The zero-order valence-corrected chi connectivity index (χ0v) is 11.9. The Balaban J connectivity index is 3.00. The Kier molecular flexibility index (Phi) is 5.60. The van der Waals surface area contributed by atoms with Crippen LogP contribution in [0, 0.1) is 0 Å². The van der Waals surface area contributed by atoms with Crippen LogP contribution in [0.2, 0.25) is 0 Å². The summed E-state index contributed by atoms with van der Waals surface area (Å²) >= 11 is 0. The van der Waals surface area contributed by atoms with E-state index in [-0.39, 0.29) is 5.97 Å². The molecule has 1 aromatic rings. The maximum absolute atomic E-state index is 11.8. The minimum Gasteiger partial charge on any atom is -0.466 e. The molecule has 19 heavy (non-hydrogen) atoms. The SMILES string of the molecule is CCOC(=O)c1cc(C(C)C(=O)OCC)c(CC)[nH]1. The number of nitrogens with one attached hydrogen (secondary N) is 1. The van der Waals surface area contributed by atoms with Crippen LogP contribution >= 0.6 is 0 Å². The lowest BCUT2D eigenvalue weighted by Crippen LogP contribution is -2.13. The standard InChI is InChI=1S/C14H21NO4/c1-5-11-10(9(4)13(16)18-6-2)8-12(15-11)14(17)19-7-3/h8-9,15H,5-7H2,1-4H3. The van der Waals surface area contributed by atoms with Gasteiger partial charge < -0.3 is 14.5 Å². The van der Waals surface area contributed by atoms with Crippen LogP contribution < -0.4 is 0 Å². The second-order valence-corrected chi connectivity index (χ2v) is 4.16. The van der Waals surface area contributed by atoms with E-state index < -0.39 is 11.9 Å². The zero-order valence-electron chi connectivity index (χ0n) is 11.9. The summed E-state index contributed by atoms with van der Waals surface area (Å²) in [6.45, 7) is 7.93. The van der Waals surface area contributed by atoms with Gasteiger partial charge in [0.2, 0.25) is 0 Å². The molecule has 1 aromatic heterocycles. The molecular weight excluding hydrogens is 246 g/mol. The van der Waals surface area contributed by atoms with Gasteiger partial charge in [-0.3, -0.25) is 4.79 Å². The fourth-order valence-electron chi connectivity index (χ4n) is 1.91. The highest BCUT2D eigenvalue weighted by atomic mass is 16.5. The van der Waals surface area contributed by atoms with Gasteiger partial charge in [0.05, 0.1) is 19.1 Å². The fourth-order valence-corrected chi connectivity index (χ4v) is 1.91. The molecule has 0 saturated heterocycles. The molecule has 1 N–H and O–H groups in total. The Morgan fingerprint density at radius 1 is 1.21 bits per heavy atom. The van der Waals surface area contributed by atoms with E-state index in [0.29, 0.717) is 25.3 Å². The summed E-state index contributed by atoms with van der Waals surface area (Å²) in [7, 11) is 0. The molecule has 0 radical (unpaired) electrons. The maximum Gasteiger partial charge on any atom is 0.354 e. The first kappa shape index (κ1) is 15.3. The Morgan fingerprint density at radius 2 is 1.84 bits per heavy atom. The summed E-state index contributed by atoms with van der Waals surface area (Å²) < 4.78 is 9.95. The van der Waals surface area contributed by atoms with Crippen molar-refractivity contribution in [3.8, 4) is 0 Å². The van der Waals surface area contributed by atoms with Gasteiger partial charge in [0.15, 0.2) is 0 Å². The smallest absolute Gasteiger partial charge is 0.354 e. The third kappa shape index (κ3) is 3.59. The van der Waals surface area contributed by atoms with Gasteiger partial charge in [-0.2, -0.15) is 0 Å². The summed E-state index contributed by atoms with van der Waals surface area (Å²) in [6.07, 6.45) is 0.707. The average molecular weight is 267 g/mol. The Morgan fingerprint density at radius 3 is 2.37 bits per heavy atom. The molecule has 1 heterocycles. The van der Waals surface area contributed by atoms with Gasteiger partial charge in [-0.25, -0.2) is 4.79 Å². The molecule has 1 atom stereocenters. The summed E-state index contributed by atoms with van der Waals surface area (Å²) in [5.41, 5.74) is 2.04. The molecule has 0 spiro atoms. The van der Waals surface area contributed by atoms with E-state index in [9.17, 15) is 9.59 Å². The predicted molar refractivity (Wildman–Crippen MR) is 71.2 cm³/mol. The van der Waals surface area contributed by atoms with E-state index in [1.165, 1.54) is 0 Å². The van der Waals surface area contributed by atoms with Crippen LogP contribution in [0.3, 0.4) is 0 Å². The molecule has 5 nitrogen and oxygen atoms in total. The van der Waals surface area contributed by atoms with Gasteiger partial charge in [0, 0.05) is 5.69 Å². The molecule has 0 aliphatic heterocycles. The van der Waals surface area contributed by atoms with E-state index >= 15 is 0 Å². The van der Waals surface area contributed by atoms with E-state index in [1.54, 1.807) is 26.8 Å². The summed E-state index contributed by atoms with van der Waals surface area (Å²) in [5.74, 6) is -1.08. The number of aromatic nitrogens is 1. The van der Waals surface area contributed by atoms with Crippen molar-refractivity contribution in [2.75, 3.05) is 13.2 Å². The maximum atomic E-state index is 11.8. The highest BCUT2D eigenvalue weighted by Gasteiger charge is 2.23. The molecule has 1 rings (SSSR count). The van der Waals surface area contributed by atoms with Crippen LogP contribution in [0.15, 0.2) is 6.07 Å². The lowest BCUT2D eigenvalue weighted by Gasteiger charge is -2.10. The highest BCUT2D eigenvalue weighted by molar-refractivity contribution is 5.89. The molecule has 0 bridgehead atoms. The van der Waals surface area contributed by atoms with Crippen LogP contribution in [-0.2, 0) is 20.7 Å². The lowest BCUT2D eigenvalue weighted by atomic mass is 10.0. The topological polar surface area (TPSA) is 68.4 Å². The monoisotopic (exact) mass is 267 g/mol. The van der Waals surface area contributed by atoms with Gasteiger partial charge in [-0.15, -0.1) is 0 Å². The third-order valence-electron chi connectivity index (χ3n) is 2.89. The van der Waals surface area contributed by atoms with Crippen LogP contribution in [0.25, 0.3) is 0 Å². The molecule has 0 aliphatic carbocycles. The van der Waals surface area contributed by atoms with Crippen LogP contribution in [0.4, 0.5) is 0 Å². The first-order valence-electron chi connectivity index (χ1n) is 6.60. The number of carbonyl (C=O) groups excluding carboxylic acids is 2. The van der Waals surface area contributed by atoms with Gasteiger partial charge >= 0.3 is 11.9 Å². The molecule has 0 saturated carbocycles. The number of H-pyrrole nitrogens is 1. The average Bonchev–Trinajstić information content (AvgIpc) is 2.82. The minimum atomic E-state index is -0.403. The molecule has 0 aliphatic rings. The van der Waals surface area contributed by atoms with Crippen molar-refractivity contribution in [1.82, 2.24) is 4.98 Å². The van der Waals surface area contributed by atoms with E-state index in [2.05, 4.69) is 4.98 Å². The number of aromatic amines is 1. The van der Waals surface area contributed by atoms with Crippen molar-refractivity contribution in [1.29, 1.82) is 0 Å². The van der Waals surface area contributed by atoms with Crippen molar-refractivity contribution in [3.05, 3.63) is 23.0 Å². The number of hydrogen-bond acceptors (Lipinski definition) is 4. The molecule has 0 fully saturated rings. The Bertz CT molecular complexity index is 450. The summed E-state index contributed by atoms with van der Waals surface area (Å²) in [4.78, 5) is 26.5. The first-order valence-corrected chi connectivity index (χ1v) is 6.60. The second-order valence-electron chi connectivity index (χ2n) is 4.16.